The minimum absolute atomic E-state index is 1.37. The zero-order valence-corrected chi connectivity index (χ0v) is 65.0. The lowest BCUT2D eigenvalue weighted by molar-refractivity contribution is 0.254. The topological polar surface area (TPSA) is 3.24 Å². The van der Waals surface area contributed by atoms with Crippen LogP contribution in [0.5, 0.6) is 0 Å². The van der Waals surface area contributed by atoms with Crippen molar-refractivity contribution < 1.29 is 0 Å². The Balaban J connectivity index is 4.01. The molecule has 0 radical (unpaired) electrons. The second kappa shape index (κ2) is 88.0. The van der Waals surface area contributed by atoms with Crippen molar-refractivity contribution >= 4 is 0 Å². The summed E-state index contributed by atoms with van der Waals surface area (Å²) in [6, 6.07) is 0. The van der Waals surface area contributed by atoms with Crippen LogP contribution < -0.4 is 0 Å². The number of rotatable bonds is 87. The van der Waals surface area contributed by atoms with Crippen LogP contribution in [0.3, 0.4) is 0 Å². The van der Waals surface area contributed by atoms with Gasteiger partial charge < -0.3 is 4.90 Å². The zero-order valence-electron chi connectivity index (χ0n) is 65.0. The molecule has 91 heavy (non-hydrogen) atoms. The molecule has 0 aromatic rings. The summed E-state index contributed by atoms with van der Waals surface area (Å²) in [7, 11) is 0. The molecule has 0 atom stereocenters. The van der Waals surface area contributed by atoms with E-state index >= 15 is 0 Å². The van der Waals surface area contributed by atoms with Crippen LogP contribution >= 0.6 is 0 Å². The Morgan fingerprint density at radius 1 is 0.0879 bits per heavy atom. The van der Waals surface area contributed by atoms with E-state index in [0.717, 1.165) is 0 Å². The second-order valence-corrected chi connectivity index (χ2v) is 31.5. The Kier molecular flexibility index (Phi) is 87.9. The molecule has 0 spiro atoms. The van der Waals surface area contributed by atoms with Gasteiger partial charge in [0.1, 0.15) is 0 Å². The summed E-state index contributed by atoms with van der Waals surface area (Å²) in [5, 5.41) is 0. The number of nitrogens with zero attached hydrogens (tertiary/aromatic N) is 1. The van der Waals surface area contributed by atoms with Crippen molar-refractivity contribution in [1.29, 1.82) is 0 Å². The average molecular weight is 1280 g/mol. The molecule has 0 saturated carbocycles. The van der Waals surface area contributed by atoms with Crippen LogP contribution in [-0.4, -0.2) is 24.5 Å². The van der Waals surface area contributed by atoms with E-state index < -0.39 is 0 Å². The molecule has 0 amide bonds. The summed E-state index contributed by atoms with van der Waals surface area (Å²) in [6.45, 7) is 11.1. The smallest absolute Gasteiger partial charge is 0.00187 e. The molecule has 0 N–H and O–H groups in total. The summed E-state index contributed by atoms with van der Waals surface area (Å²) in [6.07, 6.45) is 124. The molecule has 0 aliphatic heterocycles. The van der Waals surface area contributed by atoms with Gasteiger partial charge in [0.05, 0.1) is 0 Å². The van der Waals surface area contributed by atoms with Crippen molar-refractivity contribution in [2.45, 2.75) is 560 Å². The lowest BCUT2D eigenvalue weighted by Crippen LogP contribution is -2.27. The fraction of sp³-hybridized carbons (Fsp3) is 1.00. The first-order valence-electron chi connectivity index (χ1n) is 45.1. The summed E-state index contributed by atoms with van der Waals surface area (Å²) in [4.78, 5) is 2.92. The third kappa shape index (κ3) is 86.0. The van der Waals surface area contributed by atoms with Crippen LogP contribution in [0, 0.1) is 0 Å². The lowest BCUT2D eigenvalue weighted by Gasteiger charge is -2.22. The van der Waals surface area contributed by atoms with Crippen LogP contribution in [0.25, 0.3) is 0 Å². The summed E-state index contributed by atoms with van der Waals surface area (Å²) in [5.41, 5.74) is 0. The molecule has 0 aromatic carbocycles. The number of unbranched alkanes of at least 4 members (excludes halogenated alkanes) is 81. The molecule has 0 aliphatic carbocycles. The van der Waals surface area contributed by atoms with Gasteiger partial charge in [-0.25, -0.2) is 0 Å². The molecule has 548 valence electrons. The highest BCUT2D eigenvalue weighted by atomic mass is 15.1. The van der Waals surface area contributed by atoms with Crippen LogP contribution in [0.15, 0.2) is 0 Å². The summed E-state index contributed by atoms with van der Waals surface area (Å²) in [5.74, 6) is 0. The van der Waals surface area contributed by atoms with E-state index in [-0.39, 0.29) is 0 Å². The normalized spacial score (nSPS) is 11.9. The maximum atomic E-state index is 2.92. The van der Waals surface area contributed by atoms with Crippen LogP contribution in [0.2, 0.25) is 0 Å². The van der Waals surface area contributed by atoms with Gasteiger partial charge in [0.25, 0.3) is 0 Å². The van der Waals surface area contributed by atoms with E-state index in [9.17, 15) is 0 Å². The Labute approximate surface area is 581 Å². The monoisotopic (exact) mass is 1280 g/mol. The molecular weight excluding hydrogens is 1090 g/mol. The van der Waals surface area contributed by atoms with E-state index in [4.69, 9.17) is 0 Å². The fourth-order valence-electron chi connectivity index (χ4n) is 15.3. The molecular formula is C90H183N. The van der Waals surface area contributed by atoms with Crippen LogP contribution in [0.4, 0.5) is 0 Å². The van der Waals surface area contributed by atoms with Crippen LogP contribution in [0.1, 0.15) is 560 Å². The predicted molar refractivity (Wildman–Crippen MR) is 421 cm³/mol. The van der Waals surface area contributed by atoms with Crippen molar-refractivity contribution in [3.8, 4) is 0 Å². The molecule has 1 nitrogen and oxygen atoms in total. The molecule has 0 rings (SSSR count). The Morgan fingerprint density at radius 2 is 0.154 bits per heavy atom. The quantitative estimate of drug-likeness (QED) is 0.0549. The third-order valence-corrected chi connectivity index (χ3v) is 22.0. The predicted octanol–water partition coefficient (Wildman–Crippen LogP) is 34.1. The van der Waals surface area contributed by atoms with E-state index in [2.05, 4.69) is 25.7 Å². The van der Waals surface area contributed by atoms with Crippen molar-refractivity contribution in [3.63, 3.8) is 0 Å². The largest absolute Gasteiger partial charge is 0.303 e. The summed E-state index contributed by atoms with van der Waals surface area (Å²) < 4.78 is 0. The number of hydrogen-bond acceptors (Lipinski definition) is 1. The number of hydrogen-bond donors (Lipinski definition) is 0. The molecule has 0 saturated heterocycles. The van der Waals surface area contributed by atoms with Gasteiger partial charge in [0, 0.05) is 0 Å². The maximum Gasteiger partial charge on any atom is -0.00187 e. The van der Waals surface area contributed by atoms with Crippen molar-refractivity contribution in [2.24, 2.45) is 0 Å². The van der Waals surface area contributed by atoms with E-state index in [1.807, 2.05) is 0 Å². The average Bonchev–Trinajstić information content (AvgIpc) is 3.61. The molecule has 1 heteroatoms. The molecule has 0 bridgehead atoms. The first kappa shape index (κ1) is 91.0. The molecule has 0 unspecified atom stereocenters. The minimum atomic E-state index is 1.37. The van der Waals surface area contributed by atoms with Gasteiger partial charge >= 0.3 is 0 Å². The molecule has 0 heterocycles. The van der Waals surface area contributed by atoms with Crippen molar-refractivity contribution in [1.82, 2.24) is 4.90 Å². The highest BCUT2D eigenvalue weighted by Crippen LogP contribution is 2.22. The highest BCUT2D eigenvalue weighted by Gasteiger charge is 2.07. The van der Waals surface area contributed by atoms with Crippen molar-refractivity contribution in [3.05, 3.63) is 0 Å². The third-order valence-electron chi connectivity index (χ3n) is 22.0. The second-order valence-electron chi connectivity index (χ2n) is 31.5. The lowest BCUT2D eigenvalue weighted by atomic mass is 10.0. The molecule has 0 aromatic heterocycles. The Hall–Kier alpha value is -0.0400. The van der Waals surface area contributed by atoms with E-state index in [1.54, 1.807) is 0 Å². The molecule has 0 aliphatic rings. The maximum absolute atomic E-state index is 2.92. The van der Waals surface area contributed by atoms with E-state index in [0.29, 0.717) is 0 Å². The van der Waals surface area contributed by atoms with Crippen LogP contribution in [-0.2, 0) is 0 Å². The Bertz CT molecular complexity index is 1030. The standard InChI is InChI=1S/C90H183N/c1-4-7-10-13-16-19-22-25-28-31-34-37-40-43-46-49-52-55-58-61-64-67-70-73-76-79-82-85-88-91(89-86-83-80-77-74-71-68-65-62-59-56-53-50-47-44-41-38-35-32-29-26-23-20-17-14-11-8-5-2)90-87-84-81-78-75-72-69-66-63-60-57-54-51-48-45-42-39-36-33-30-27-24-21-18-15-12-9-6-3/h4-90H2,1-3H3. The first-order valence-corrected chi connectivity index (χ1v) is 45.1. The van der Waals surface area contributed by atoms with Gasteiger partial charge in [-0.1, -0.05) is 541 Å². The fourth-order valence-corrected chi connectivity index (χ4v) is 15.3. The zero-order chi connectivity index (χ0) is 65.1. The highest BCUT2D eigenvalue weighted by molar-refractivity contribution is 4.63. The van der Waals surface area contributed by atoms with E-state index in [1.165, 1.54) is 559 Å². The molecule has 0 fully saturated rings. The SMILES string of the molecule is CCCCCCCCCCCCCCCCCCCCCCCCCCCCCCN(CCCCCCCCCCCCCCCCCCCCCCCCCCCCCC)CCCCCCCCCCCCCCCCCCCCCCCCCCCCCC. The minimum Gasteiger partial charge on any atom is -0.303 e. The van der Waals surface area contributed by atoms with Gasteiger partial charge in [-0.2, -0.15) is 0 Å². The first-order chi connectivity index (χ1) is 45.3. The van der Waals surface area contributed by atoms with Crippen molar-refractivity contribution in [2.75, 3.05) is 19.6 Å². The van der Waals surface area contributed by atoms with Gasteiger partial charge in [0.2, 0.25) is 0 Å². The van der Waals surface area contributed by atoms with Gasteiger partial charge in [-0.15, -0.1) is 0 Å². The van der Waals surface area contributed by atoms with Gasteiger partial charge in [-0.3, -0.25) is 0 Å². The Morgan fingerprint density at radius 3 is 0.231 bits per heavy atom. The van der Waals surface area contributed by atoms with Gasteiger partial charge in [0.15, 0.2) is 0 Å². The van der Waals surface area contributed by atoms with Gasteiger partial charge in [-0.05, 0) is 38.9 Å². The summed E-state index contributed by atoms with van der Waals surface area (Å²) >= 11 is 0.